The molecule has 3 heteroatoms. The predicted molar refractivity (Wildman–Crippen MR) is 83.6 cm³/mol. The van der Waals surface area contributed by atoms with Crippen molar-refractivity contribution < 1.29 is 4.79 Å². The Morgan fingerprint density at radius 3 is 2.25 bits per heavy atom. The lowest BCUT2D eigenvalue weighted by molar-refractivity contribution is -0.140. The summed E-state index contributed by atoms with van der Waals surface area (Å²) in [6, 6.07) is 0.703. The van der Waals surface area contributed by atoms with E-state index in [1.54, 1.807) is 0 Å². The molecule has 0 aliphatic carbocycles. The average molecular weight is 280 g/mol. The third-order valence-corrected chi connectivity index (χ3v) is 5.53. The van der Waals surface area contributed by atoms with Crippen LogP contribution in [0.15, 0.2) is 0 Å². The van der Waals surface area contributed by atoms with E-state index in [2.05, 4.69) is 37.5 Å². The SMILES string of the molecule is CCC(C)N1CCC(CC(=O)N2CC(C(C)C)C2)CC1. The fourth-order valence-corrected chi connectivity index (χ4v) is 3.37. The van der Waals surface area contributed by atoms with Gasteiger partial charge in [-0.2, -0.15) is 0 Å². The lowest BCUT2D eigenvalue weighted by atomic mass is 9.86. The Hall–Kier alpha value is -0.570. The molecule has 0 saturated carbocycles. The van der Waals surface area contributed by atoms with Crippen molar-refractivity contribution >= 4 is 5.91 Å². The van der Waals surface area contributed by atoms with Crippen LogP contribution in [0.2, 0.25) is 0 Å². The highest BCUT2D eigenvalue weighted by atomic mass is 16.2. The number of amides is 1. The first-order valence-electron chi connectivity index (χ1n) is 8.53. The molecule has 0 bridgehead atoms. The van der Waals surface area contributed by atoms with Crippen LogP contribution in [0.4, 0.5) is 0 Å². The number of hydrogen-bond donors (Lipinski definition) is 0. The van der Waals surface area contributed by atoms with Crippen LogP contribution in [-0.4, -0.2) is 47.9 Å². The van der Waals surface area contributed by atoms with Gasteiger partial charge in [0, 0.05) is 25.6 Å². The number of hydrogen-bond acceptors (Lipinski definition) is 2. The molecule has 0 aromatic carbocycles. The summed E-state index contributed by atoms with van der Waals surface area (Å²) in [4.78, 5) is 16.9. The first-order valence-corrected chi connectivity index (χ1v) is 8.53. The smallest absolute Gasteiger partial charge is 0.222 e. The summed E-state index contributed by atoms with van der Waals surface area (Å²) in [5.74, 6) is 2.49. The van der Waals surface area contributed by atoms with E-state index in [0.717, 1.165) is 31.3 Å². The van der Waals surface area contributed by atoms with Gasteiger partial charge in [0.2, 0.25) is 5.91 Å². The maximum absolute atomic E-state index is 12.2. The maximum Gasteiger partial charge on any atom is 0.222 e. The van der Waals surface area contributed by atoms with E-state index < -0.39 is 0 Å². The van der Waals surface area contributed by atoms with Crippen LogP contribution in [0, 0.1) is 17.8 Å². The summed E-state index contributed by atoms with van der Waals surface area (Å²) >= 11 is 0. The van der Waals surface area contributed by atoms with Crippen molar-refractivity contribution in [2.75, 3.05) is 26.2 Å². The van der Waals surface area contributed by atoms with Crippen molar-refractivity contribution in [2.45, 2.75) is 59.4 Å². The van der Waals surface area contributed by atoms with Crippen LogP contribution in [0.1, 0.15) is 53.4 Å². The van der Waals surface area contributed by atoms with Crippen molar-refractivity contribution in [3.63, 3.8) is 0 Å². The summed E-state index contributed by atoms with van der Waals surface area (Å²) in [5, 5.41) is 0. The second kappa shape index (κ2) is 6.93. The Morgan fingerprint density at radius 2 is 1.75 bits per heavy atom. The van der Waals surface area contributed by atoms with Gasteiger partial charge in [0.15, 0.2) is 0 Å². The van der Waals surface area contributed by atoms with Gasteiger partial charge in [-0.25, -0.2) is 0 Å². The van der Waals surface area contributed by atoms with E-state index in [0.29, 0.717) is 17.9 Å². The van der Waals surface area contributed by atoms with E-state index in [9.17, 15) is 4.79 Å². The van der Waals surface area contributed by atoms with Gasteiger partial charge < -0.3 is 9.80 Å². The highest BCUT2D eigenvalue weighted by Gasteiger charge is 2.33. The van der Waals surface area contributed by atoms with Gasteiger partial charge in [0.1, 0.15) is 0 Å². The van der Waals surface area contributed by atoms with Crippen LogP contribution in [0.25, 0.3) is 0 Å². The van der Waals surface area contributed by atoms with Gasteiger partial charge in [-0.15, -0.1) is 0 Å². The first kappa shape index (κ1) is 15.8. The molecule has 2 aliphatic heterocycles. The molecule has 2 heterocycles. The molecule has 0 radical (unpaired) electrons. The minimum absolute atomic E-state index is 0.406. The Kier molecular flexibility index (Phi) is 5.48. The summed E-state index contributed by atoms with van der Waals surface area (Å²) < 4.78 is 0. The largest absolute Gasteiger partial charge is 0.342 e. The molecular weight excluding hydrogens is 248 g/mol. The molecule has 0 aromatic rings. The Labute approximate surface area is 124 Å². The Morgan fingerprint density at radius 1 is 1.15 bits per heavy atom. The molecule has 20 heavy (non-hydrogen) atoms. The molecule has 0 aromatic heterocycles. The van der Waals surface area contributed by atoms with Crippen molar-refractivity contribution in [2.24, 2.45) is 17.8 Å². The lowest BCUT2D eigenvalue weighted by Crippen LogP contribution is -2.52. The minimum Gasteiger partial charge on any atom is -0.342 e. The first-order chi connectivity index (χ1) is 9.51. The second-order valence-electron chi connectivity index (χ2n) is 7.24. The number of nitrogens with zero attached hydrogens (tertiary/aromatic N) is 2. The quantitative estimate of drug-likeness (QED) is 0.773. The maximum atomic E-state index is 12.2. The molecule has 1 unspecified atom stereocenters. The van der Waals surface area contributed by atoms with Crippen molar-refractivity contribution in [3.8, 4) is 0 Å². The summed E-state index contributed by atoms with van der Waals surface area (Å²) in [5.41, 5.74) is 0. The third-order valence-electron chi connectivity index (χ3n) is 5.53. The molecule has 0 N–H and O–H groups in total. The third kappa shape index (κ3) is 3.75. The van der Waals surface area contributed by atoms with Crippen LogP contribution in [-0.2, 0) is 4.79 Å². The average Bonchev–Trinajstić information content (AvgIpc) is 2.36. The van der Waals surface area contributed by atoms with Gasteiger partial charge in [-0.1, -0.05) is 20.8 Å². The van der Waals surface area contributed by atoms with E-state index in [1.165, 1.54) is 32.4 Å². The zero-order valence-electron chi connectivity index (χ0n) is 13.8. The van der Waals surface area contributed by atoms with Gasteiger partial charge in [-0.3, -0.25) is 4.79 Å². The number of carbonyl (C=O) groups is 1. The molecule has 2 rings (SSSR count). The summed E-state index contributed by atoms with van der Waals surface area (Å²) in [7, 11) is 0. The topological polar surface area (TPSA) is 23.6 Å². The summed E-state index contributed by atoms with van der Waals surface area (Å²) in [6.07, 6.45) is 4.43. The van der Waals surface area contributed by atoms with Crippen LogP contribution in [0.3, 0.4) is 0 Å². The molecule has 2 saturated heterocycles. The van der Waals surface area contributed by atoms with Gasteiger partial charge >= 0.3 is 0 Å². The van der Waals surface area contributed by atoms with Crippen molar-refractivity contribution in [1.82, 2.24) is 9.80 Å². The number of likely N-dealkylation sites (tertiary alicyclic amines) is 2. The fourth-order valence-electron chi connectivity index (χ4n) is 3.37. The fraction of sp³-hybridized carbons (Fsp3) is 0.941. The van der Waals surface area contributed by atoms with Gasteiger partial charge in [0.05, 0.1) is 0 Å². The van der Waals surface area contributed by atoms with Crippen LogP contribution in [0.5, 0.6) is 0 Å². The Balaban J connectivity index is 1.67. The molecule has 1 amide bonds. The summed E-state index contributed by atoms with van der Waals surface area (Å²) in [6.45, 7) is 13.5. The lowest BCUT2D eigenvalue weighted by Gasteiger charge is -2.43. The Bertz CT molecular complexity index is 315. The molecular formula is C17H32N2O. The van der Waals surface area contributed by atoms with Gasteiger partial charge in [-0.05, 0) is 57.0 Å². The van der Waals surface area contributed by atoms with Crippen LogP contribution < -0.4 is 0 Å². The zero-order valence-corrected chi connectivity index (χ0v) is 13.8. The number of piperidine rings is 1. The van der Waals surface area contributed by atoms with Crippen molar-refractivity contribution in [1.29, 1.82) is 0 Å². The van der Waals surface area contributed by atoms with E-state index in [4.69, 9.17) is 0 Å². The zero-order chi connectivity index (χ0) is 14.7. The molecule has 1 atom stereocenters. The van der Waals surface area contributed by atoms with E-state index >= 15 is 0 Å². The number of rotatable bonds is 5. The van der Waals surface area contributed by atoms with E-state index in [1.807, 2.05) is 0 Å². The highest BCUT2D eigenvalue weighted by molar-refractivity contribution is 5.77. The predicted octanol–water partition coefficient (Wildman–Crippen LogP) is 3.00. The molecule has 3 nitrogen and oxygen atoms in total. The normalized spacial score (nSPS) is 23.9. The molecule has 2 aliphatic rings. The molecule has 116 valence electrons. The standard InChI is InChI=1S/C17H32N2O/c1-5-14(4)18-8-6-15(7-9-18)10-17(20)19-11-16(12-19)13(2)3/h13-16H,5-12H2,1-4H3. The van der Waals surface area contributed by atoms with E-state index in [-0.39, 0.29) is 0 Å². The second-order valence-corrected chi connectivity index (χ2v) is 7.24. The number of carbonyl (C=O) groups excluding carboxylic acids is 1. The van der Waals surface area contributed by atoms with Gasteiger partial charge in [0.25, 0.3) is 0 Å². The monoisotopic (exact) mass is 280 g/mol. The van der Waals surface area contributed by atoms with Crippen LogP contribution >= 0.6 is 0 Å². The molecule has 0 spiro atoms. The molecule has 2 fully saturated rings. The van der Waals surface area contributed by atoms with Crippen molar-refractivity contribution in [3.05, 3.63) is 0 Å². The highest BCUT2D eigenvalue weighted by Crippen LogP contribution is 2.27. The minimum atomic E-state index is 0.406.